The molecule has 3 rings (SSSR count). The molecule has 0 saturated heterocycles. The normalized spacial score (nSPS) is 11.5. The van der Waals surface area contributed by atoms with Crippen molar-refractivity contribution in [3.63, 3.8) is 0 Å². The molecule has 0 bridgehead atoms. The molecule has 2 aromatic heterocycles. The van der Waals surface area contributed by atoms with Crippen molar-refractivity contribution >= 4 is 11.7 Å². The number of nitrogens with zero attached hydrogens (tertiary/aromatic N) is 2. The van der Waals surface area contributed by atoms with Gasteiger partial charge >= 0.3 is 0 Å². The molecule has 100 valence electrons. The number of hydrogen-bond donors (Lipinski definition) is 0. The minimum atomic E-state index is 0.945. The maximum Gasteiger partial charge on any atom is 0.144 e. The number of rotatable bonds is 3. The third-order valence-corrected chi connectivity index (χ3v) is 3.65. The Bertz CT molecular complexity index is 752. The highest BCUT2D eigenvalue weighted by Gasteiger charge is 2.05. The van der Waals surface area contributed by atoms with E-state index in [0.717, 1.165) is 17.8 Å². The monoisotopic (exact) mass is 262 g/mol. The van der Waals surface area contributed by atoms with E-state index in [0.29, 0.717) is 0 Å². The minimum Gasteiger partial charge on any atom is -0.304 e. The Labute approximate surface area is 119 Å². The number of fused-ring (bicyclic) bond motifs is 1. The summed E-state index contributed by atoms with van der Waals surface area (Å²) in [6.45, 7) is 4.16. The standard InChI is InChI=1S/C18H18N2/c1-14-15(2)20-13-7-12-17(18(20)19-14)11-6-10-16-8-4-3-5-9-16/h3-9,11-13H,10H2,1-2H3/b11-6+. The van der Waals surface area contributed by atoms with Crippen molar-refractivity contribution in [2.24, 2.45) is 0 Å². The highest BCUT2D eigenvalue weighted by atomic mass is 15.0. The Morgan fingerprint density at radius 2 is 1.85 bits per heavy atom. The van der Waals surface area contributed by atoms with Crippen LogP contribution in [-0.4, -0.2) is 9.38 Å². The van der Waals surface area contributed by atoms with Crippen molar-refractivity contribution < 1.29 is 0 Å². The van der Waals surface area contributed by atoms with Crippen LogP contribution in [0.3, 0.4) is 0 Å². The molecule has 3 aromatic rings. The van der Waals surface area contributed by atoms with Crippen LogP contribution in [0.25, 0.3) is 11.7 Å². The van der Waals surface area contributed by atoms with Gasteiger partial charge in [-0.25, -0.2) is 4.98 Å². The van der Waals surface area contributed by atoms with Gasteiger partial charge in [-0.3, -0.25) is 0 Å². The van der Waals surface area contributed by atoms with Crippen LogP contribution in [0, 0.1) is 13.8 Å². The third-order valence-electron chi connectivity index (χ3n) is 3.65. The fourth-order valence-corrected chi connectivity index (χ4v) is 2.39. The Balaban J connectivity index is 1.89. The number of aromatic nitrogens is 2. The van der Waals surface area contributed by atoms with Crippen LogP contribution in [0.15, 0.2) is 54.7 Å². The summed E-state index contributed by atoms with van der Waals surface area (Å²) < 4.78 is 2.15. The van der Waals surface area contributed by atoms with Crippen LogP contribution >= 0.6 is 0 Å². The van der Waals surface area contributed by atoms with Gasteiger partial charge in [0.25, 0.3) is 0 Å². The number of allylic oxidation sites excluding steroid dienone is 1. The highest BCUT2D eigenvalue weighted by Crippen LogP contribution is 2.16. The van der Waals surface area contributed by atoms with Crippen molar-refractivity contribution in [3.8, 4) is 0 Å². The van der Waals surface area contributed by atoms with E-state index in [1.807, 2.05) is 6.07 Å². The number of pyridine rings is 1. The summed E-state index contributed by atoms with van der Waals surface area (Å²) in [5.74, 6) is 0. The summed E-state index contributed by atoms with van der Waals surface area (Å²) in [6, 6.07) is 14.7. The smallest absolute Gasteiger partial charge is 0.144 e. The van der Waals surface area contributed by atoms with Crippen molar-refractivity contribution in [2.75, 3.05) is 0 Å². The molecule has 0 unspecified atom stereocenters. The van der Waals surface area contributed by atoms with Gasteiger partial charge in [-0.05, 0) is 38.0 Å². The lowest BCUT2D eigenvalue weighted by Gasteiger charge is -2.00. The quantitative estimate of drug-likeness (QED) is 0.691. The van der Waals surface area contributed by atoms with Gasteiger partial charge < -0.3 is 4.40 Å². The second kappa shape index (κ2) is 5.33. The summed E-state index contributed by atoms with van der Waals surface area (Å²) in [7, 11) is 0. The number of hydrogen-bond acceptors (Lipinski definition) is 1. The largest absolute Gasteiger partial charge is 0.304 e. The first-order valence-electron chi connectivity index (χ1n) is 6.90. The summed E-state index contributed by atoms with van der Waals surface area (Å²) in [6.07, 6.45) is 7.37. The molecule has 0 atom stereocenters. The van der Waals surface area contributed by atoms with Crippen molar-refractivity contribution in [1.82, 2.24) is 9.38 Å². The maximum absolute atomic E-state index is 4.65. The molecule has 0 aliphatic heterocycles. The van der Waals surface area contributed by atoms with Gasteiger partial charge in [0.1, 0.15) is 5.65 Å². The zero-order chi connectivity index (χ0) is 13.9. The van der Waals surface area contributed by atoms with Crippen LogP contribution in [-0.2, 0) is 6.42 Å². The van der Waals surface area contributed by atoms with E-state index in [2.05, 4.69) is 78.0 Å². The lowest BCUT2D eigenvalue weighted by molar-refractivity contribution is 1.09. The maximum atomic E-state index is 4.65. The van der Waals surface area contributed by atoms with Gasteiger partial charge in [-0.15, -0.1) is 0 Å². The molecule has 2 nitrogen and oxygen atoms in total. The molecule has 1 aromatic carbocycles. The Hall–Kier alpha value is -2.35. The molecule has 0 amide bonds. The minimum absolute atomic E-state index is 0.945. The Kier molecular flexibility index (Phi) is 3.38. The Morgan fingerprint density at radius 1 is 1.05 bits per heavy atom. The number of imidazole rings is 1. The third kappa shape index (κ3) is 2.37. The van der Waals surface area contributed by atoms with Crippen LogP contribution < -0.4 is 0 Å². The molecular weight excluding hydrogens is 244 g/mol. The van der Waals surface area contributed by atoms with Gasteiger partial charge in [0.05, 0.1) is 5.69 Å². The second-order valence-electron chi connectivity index (χ2n) is 5.03. The van der Waals surface area contributed by atoms with E-state index < -0.39 is 0 Å². The number of benzene rings is 1. The zero-order valence-electron chi connectivity index (χ0n) is 11.9. The number of aryl methyl sites for hydroxylation is 2. The van der Waals surface area contributed by atoms with Gasteiger partial charge in [-0.2, -0.15) is 0 Å². The SMILES string of the molecule is Cc1nc2c(/C=C/Cc3ccccc3)cccn2c1C. The highest BCUT2D eigenvalue weighted by molar-refractivity contribution is 5.66. The average Bonchev–Trinajstić information content (AvgIpc) is 2.77. The van der Waals surface area contributed by atoms with Crippen molar-refractivity contribution in [3.05, 3.63) is 77.3 Å². The van der Waals surface area contributed by atoms with Gasteiger partial charge in [0, 0.05) is 17.5 Å². The molecule has 0 saturated carbocycles. The van der Waals surface area contributed by atoms with Gasteiger partial charge in [0.15, 0.2) is 0 Å². The van der Waals surface area contributed by atoms with Crippen molar-refractivity contribution in [2.45, 2.75) is 20.3 Å². The molecule has 0 fully saturated rings. The topological polar surface area (TPSA) is 17.3 Å². The molecular formula is C18H18N2. The van der Waals surface area contributed by atoms with Crippen LogP contribution in [0.2, 0.25) is 0 Å². The molecule has 0 aliphatic rings. The Morgan fingerprint density at radius 3 is 2.65 bits per heavy atom. The summed E-state index contributed by atoms with van der Waals surface area (Å²) in [4.78, 5) is 4.65. The molecule has 0 spiro atoms. The van der Waals surface area contributed by atoms with Crippen LogP contribution in [0.4, 0.5) is 0 Å². The predicted octanol–water partition coefficient (Wildman–Crippen LogP) is 4.21. The van der Waals surface area contributed by atoms with Crippen LogP contribution in [0.5, 0.6) is 0 Å². The van der Waals surface area contributed by atoms with E-state index >= 15 is 0 Å². The van der Waals surface area contributed by atoms with Crippen LogP contribution in [0.1, 0.15) is 22.5 Å². The second-order valence-corrected chi connectivity index (χ2v) is 5.03. The molecule has 0 radical (unpaired) electrons. The van der Waals surface area contributed by atoms with Gasteiger partial charge in [-0.1, -0.05) is 42.5 Å². The first-order chi connectivity index (χ1) is 9.75. The first kappa shape index (κ1) is 12.7. The summed E-state index contributed by atoms with van der Waals surface area (Å²) in [5.41, 5.74) is 5.82. The summed E-state index contributed by atoms with van der Waals surface area (Å²) >= 11 is 0. The molecule has 0 aliphatic carbocycles. The van der Waals surface area contributed by atoms with E-state index in [9.17, 15) is 0 Å². The molecule has 2 heteroatoms. The molecule has 2 heterocycles. The predicted molar refractivity (Wildman–Crippen MR) is 83.8 cm³/mol. The van der Waals surface area contributed by atoms with E-state index in [1.165, 1.54) is 16.8 Å². The fraction of sp³-hybridized carbons (Fsp3) is 0.167. The average molecular weight is 262 g/mol. The molecule has 0 N–H and O–H groups in total. The zero-order valence-corrected chi connectivity index (χ0v) is 11.9. The van der Waals surface area contributed by atoms with E-state index in [-0.39, 0.29) is 0 Å². The van der Waals surface area contributed by atoms with Crippen molar-refractivity contribution in [1.29, 1.82) is 0 Å². The van der Waals surface area contributed by atoms with E-state index in [4.69, 9.17) is 0 Å². The lowest BCUT2D eigenvalue weighted by Crippen LogP contribution is -1.89. The van der Waals surface area contributed by atoms with E-state index in [1.54, 1.807) is 0 Å². The summed E-state index contributed by atoms with van der Waals surface area (Å²) in [5, 5.41) is 0. The molecule has 20 heavy (non-hydrogen) atoms. The lowest BCUT2D eigenvalue weighted by atomic mass is 10.1. The fourth-order valence-electron chi connectivity index (χ4n) is 2.39. The first-order valence-corrected chi connectivity index (χ1v) is 6.90. The van der Waals surface area contributed by atoms with Gasteiger partial charge in [0.2, 0.25) is 0 Å².